The van der Waals surface area contributed by atoms with Crippen LogP contribution >= 0.6 is 0 Å². The standard InChI is InChI=1S/C20H26N4O6/c1-14(30-18(26)3-2-8-24-17(25)13-21-20(24)28)19(27)22-15-4-6-16(7-5-15)23-9-11-29-12-10-23/h4-7,14H,2-3,8-13H2,1H3,(H,21,28)(H,22,27). The van der Waals surface area contributed by atoms with E-state index in [0.717, 1.165) is 23.7 Å². The molecule has 10 nitrogen and oxygen atoms in total. The van der Waals surface area contributed by atoms with Crippen LogP contribution in [0.2, 0.25) is 0 Å². The predicted octanol–water partition coefficient (Wildman–Crippen LogP) is 0.725. The molecule has 0 aliphatic carbocycles. The first-order valence-corrected chi connectivity index (χ1v) is 9.95. The molecule has 30 heavy (non-hydrogen) atoms. The third-order valence-electron chi connectivity index (χ3n) is 4.89. The summed E-state index contributed by atoms with van der Waals surface area (Å²) >= 11 is 0. The van der Waals surface area contributed by atoms with Crippen LogP contribution in [0.3, 0.4) is 0 Å². The number of morpholine rings is 1. The molecule has 1 atom stereocenters. The van der Waals surface area contributed by atoms with Crippen LogP contribution in [0.15, 0.2) is 24.3 Å². The van der Waals surface area contributed by atoms with Crippen molar-refractivity contribution in [1.82, 2.24) is 10.2 Å². The molecule has 2 aliphatic heterocycles. The third-order valence-corrected chi connectivity index (χ3v) is 4.89. The summed E-state index contributed by atoms with van der Waals surface area (Å²) in [6, 6.07) is 6.99. The highest BCUT2D eigenvalue weighted by Crippen LogP contribution is 2.19. The van der Waals surface area contributed by atoms with Crippen molar-refractivity contribution in [3.05, 3.63) is 24.3 Å². The number of benzene rings is 1. The summed E-state index contributed by atoms with van der Waals surface area (Å²) in [5.74, 6) is -1.32. The average molecular weight is 418 g/mol. The smallest absolute Gasteiger partial charge is 0.324 e. The molecule has 2 saturated heterocycles. The Morgan fingerprint density at radius 2 is 1.90 bits per heavy atom. The van der Waals surface area contributed by atoms with Crippen LogP contribution in [-0.2, 0) is 23.9 Å². The summed E-state index contributed by atoms with van der Waals surface area (Å²) in [4.78, 5) is 50.4. The van der Waals surface area contributed by atoms with Gasteiger partial charge in [-0.15, -0.1) is 0 Å². The van der Waals surface area contributed by atoms with Crippen LogP contribution < -0.4 is 15.5 Å². The molecule has 1 aromatic carbocycles. The first kappa shape index (κ1) is 21.6. The maximum Gasteiger partial charge on any atom is 0.324 e. The fourth-order valence-electron chi connectivity index (χ4n) is 3.19. The van der Waals surface area contributed by atoms with Gasteiger partial charge in [0, 0.05) is 37.4 Å². The Morgan fingerprint density at radius 3 is 2.53 bits per heavy atom. The lowest BCUT2D eigenvalue weighted by molar-refractivity contribution is -0.153. The van der Waals surface area contributed by atoms with E-state index in [2.05, 4.69) is 15.5 Å². The number of hydrogen-bond donors (Lipinski definition) is 2. The number of hydrogen-bond acceptors (Lipinski definition) is 7. The fraction of sp³-hybridized carbons (Fsp3) is 0.500. The van der Waals surface area contributed by atoms with Gasteiger partial charge in [0.1, 0.15) is 0 Å². The Hall–Kier alpha value is -3.14. The van der Waals surface area contributed by atoms with Gasteiger partial charge in [0.15, 0.2) is 6.10 Å². The minimum absolute atomic E-state index is 0.00290. The highest BCUT2D eigenvalue weighted by Gasteiger charge is 2.28. The number of carbonyl (C=O) groups is 4. The second-order valence-corrected chi connectivity index (χ2v) is 7.08. The molecule has 0 bridgehead atoms. The molecule has 0 spiro atoms. The number of nitrogens with zero attached hydrogens (tertiary/aromatic N) is 2. The van der Waals surface area contributed by atoms with Crippen molar-refractivity contribution >= 4 is 35.2 Å². The van der Waals surface area contributed by atoms with Gasteiger partial charge in [-0.2, -0.15) is 0 Å². The van der Waals surface area contributed by atoms with Gasteiger partial charge in [0.05, 0.1) is 19.8 Å². The monoisotopic (exact) mass is 418 g/mol. The first-order chi connectivity index (χ1) is 14.4. The van der Waals surface area contributed by atoms with E-state index >= 15 is 0 Å². The summed E-state index contributed by atoms with van der Waals surface area (Å²) in [5, 5.41) is 5.13. The van der Waals surface area contributed by atoms with Crippen LogP contribution in [-0.4, -0.2) is 74.2 Å². The van der Waals surface area contributed by atoms with E-state index in [-0.39, 0.29) is 31.8 Å². The van der Waals surface area contributed by atoms with Crippen LogP contribution in [0.1, 0.15) is 19.8 Å². The summed E-state index contributed by atoms with van der Waals surface area (Å²) in [7, 11) is 0. The Labute approximate surface area is 174 Å². The van der Waals surface area contributed by atoms with Gasteiger partial charge >= 0.3 is 12.0 Å². The van der Waals surface area contributed by atoms with Gasteiger partial charge in [-0.1, -0.05) is 0 Å². The number of anilines is 2. The van der Waals surface area contributed by atoms with Crippen molar-refractivity contribution in [2.45, 2.75) is 25.9 Å². The average Bonchev–Trinajstić information content (AvgIpc) is 3.07. The van der Waals surface area contributed by atoms with Crippen molar-refractivity contribution < 1.29 is 28.7 Å². The number of amides is 4. The normalized spacial score (nSPS) is 17.5. The number of urea groups is 1. The molecule has 2 fully saturated rings. The van der Waals surface area contributed by atoms with E-state index < -0.39 is 24.0 Å². The maximum absolute atomic E-state index is 12.3. The SMILES string of the molecule is CC(OC(=O)CCCN1C(=O)CNC1=O)C(=O)Nc1ccc(N2CCOCC2)cc1. The van der Waals surface area contributed by atoms with Gasteiger partial charge in [-0.05, 0) is 37.6 Å². The molecular formula is C20H26N4O6. The zero-order chi connectivity index (χ0) is 21.5. The van der Waals surface area contributed by atoms with E-state index in [0.29, 0.717) is 18.9 Å². The van der Waals surface area contributed by atoms with Gasteiger partial charge in [-0.3, -0.25) is 19.3 Å². The van der Waals surface area contributed by atoms with Crippen LogP contribution in [0, 0.1) is 0 Å². The minimum Gasteiger partial charge on any atom is -0.453 e. The molecule has 2 heterocycles. The van der Waals surface area contributed by atoms with Crippen LogP contribution in [0.25, 0.3) is 0 Å². The number of imide groups is 1. The second-order valence-electron chi connectivity index (χ2n) is 7.08. The van der Waals surface area contributed by atoms with Crippen LogP contribution in [0.5, 0.6) is 0 Å². The van der Waals surface area contributed by atoms with E-state index in [1.807, 2.05) is 12.1 Å². The molecule has 4 amide bonds. The highest BCUT2D eigenvalue weighted by molar-refractivity contribution is 6.02. The highest BCUT2D eigenvalue weighted by atomic mass is 16.5. The van der Waals surface area contributed by atoms with E-state index in [4.69, 9.17) is 9.47 Å². The van der Waals surface area contributed by atoms with Gasteiger partial charge in [-0.25, -0.2) is 4.79 Å². The predicted molar refractivity (Wildman–Crippen MR) is 108 cm³/mol. The number of carbonyl (C=O) groups excluding carboxylic acids is 4. The number of esters is 1. The molecule has 2 N–H and O–H groups in total. The molecule has 0 radical (unpaired) electrons. The first-order valence-electron chi connectivity index (χ1n) is 9.95. The lowest BCUT2D eigenvalue weighted by atomic mass is 10.2. The molecule has 10 heteroatoms. The lowest BCUT2D eigenvalue weighted by Gasteiger charge is -2.28. The van der Waals surface area contributed by atoms with Crippen molar-refractivity contribution in [3.63, 3.8) is 0 Å². The summed E-state index contributed by atoms with van der Waals surface area (Å²) in [5.41, 5.74) is 1.67. The number of nitrogens with one attached hydrogen (secondary N) is 2. The molecule has 0 saturated carbocycles. The molecular weight excluding hydrogens is 392 g/mol. The Morgan fingerprint density at radius 1 is 1.20 bits per heavy atom. The summed E-state index contributed by atoms with van der Waals surface area (Å²) < 4.78 is 10.5. The quantitative estimate of drug-likeness (QED) is 0.472. The van der Waals surface area contributed by atoms with Crippen molar-refractivity contribution in [2.75, 3.05) is 49.6 Å². The van der Waals surface area contributed by atoms with Gasteiger partial charge < -0.3 is 25.0 Å². The molecule has 2 aliphatic rings. The molecule has 162 valence electrons. The maximum atomic E-state index is 12.3. The molecule has 1 aromatic rings. The Bertz CT molecular complexity index is 775. The largest absolute Gasteiger partial charge is 0.453 e. The van der Waals surface area contributed by atoms with Gasteiger partial charge in [0.2, 0.25) is 5.91 Å². The summed E-state index contributed by atoms with van der Waals surface area (Å²) in [6.45, 7) is 4.66. The molecule has 0 aromatic heterocycles. The number of rotatable bonds is 8. The Balaban J connectivity index is 1.39. The van der Waals surface area contributed by atoms with Crippen LogP contribution in [0.4, 0.5) is 16.2 Å². The zero-order valence-electron chi connectivity index (χ0n) is 16.9. The molecule has 3 rings (SSSR count). The zero-order valence-corrected chi connectivity index (χ0v) is 16.9. The molecule has 1 unspecified atom stereocenters. The fourth-order valence-corrected chi connectivity index (χ4v) is 3.19. The van der Waals surface area contributed by atoms with Crippen molar-refractivity contribution in [2.24, 2.45) is 0 Å². The minimum atomic E-state index is -0.965. The second kappa shape index (κ2) is 10.1. The number of ether oxygens (including phenoxy) is 2. The van der Waals surface area contributed by atoms with Crippen molar-refractivity contribution in [1.29, 1.82) is 0 Å². The lowest BCUT2D eigenvalue weighted by Crippen LogP contribution is -2.36. The summed E-state index contributed by atoms with van der Waals surface area (Å²) in [6.07, 6.45) is -0.689. The Kier molecular flexibility index (Phi) is 7.23. The van der Waals surface area contributed by atoms with E-state index in [9.17, 15) is 19.2 Å². The van der Waals surface area contributed by atoms with E-state index in [1.165, 1.54) is 6.92 Å². The van der Waals surface area contributed by atoms with Crippen molar-refractivity contribution in [3.8, 4) is 0 Å². The topological polar surface area (TPSA) is 117 Å². The van der Waals surface area contributed by atoms with E-state index in [1.54, 1.807) is 12.1 Å². The third kappa shape index (κ3) is 5.69. The van der Waals surface area contributed by atoms with Gasteiger partial charge in [0.25, 0.3) is 5.91 Å².